The maximum Gasteiger partial charge on any atom is 0.319 e. The standard InChI is InChI=1S/C34H45FN6O4/c1-2-37-33(43)40-29-11-13-32(14-12-29)45-24-31(42)23-36-19-15-26-5-9-28(10-6-26)39-30-17-21-41(22-18-30)34(44)38-20-16-25-3-7-27(35)8-4-25/h3-14,30-31,36,39,42H,2,15-24H2,1H3,(H,38,44)(H2,37,40,43)/t31-/m0/s1. The fourth-order valence-electron chi connectivity index (χ4n) is 5.03. The monoisotopic (exact) mass is 620 g/mol. The minimum absolute atomic E-state index is 0.0492. The first kappa shape index (κ1) is 33.5. The Labute approximate surface area is 264 Å². The predicted octanol–water partition coefficient (Wildman–Crippen LogP) is 4.37. The summed E-state index contributed by atoms with van der Waals surface area (Å²) in [4.78, 5) is 26.0. The van der Waals surface area contributed by atoms with Crippen LogP contribution in [0.1, 0.15) is 30.9 Å². The van der Waals surface area contributed by atoms with Gasteiger partial charge >= 0.3 is 12.1 Å². The van der Waals surface area contributed by atoms with Gasteiger partial charge in [-0.15, -0.1) is 0 Å². The molecule has 0 aliphatic carbocycles. The van der Waals surface area contributed by atoms with E-state index in [0.717, 1.165) is 37.1 Å². The number of carbonyl (C=O) groups excluding carboxylic acids is 2. The number of aliphatic hydroxyl groups is 1. The number of rotatable bonds is 15. The van der Waals surface area contributed by atoms with Crippen LogP contribution in [0.2, 0.25) is 0 Å². The molecule has 11 heteroatoms. The van der Waals surface area contributed by atoms with Crippen molar-refractivity contribution in [1.29, 1.82) is 0 Å². The van der Waals surface area contributed by atoms with Crippen LogP contribution >= 0.6 is 0 Å². The SMILES string of the molecule is CCNC(=O)Nc1ccc(OC[C@@H](O)CNCCc2ccc(NC3CCN(C(=O)NCCc4ccc(F)cc4)CC3)cc2)cc1. The van der Waals surface area contributed by atoms with Gasteiger partial charge in [0.1, 0.15) is 24.3 Å². The molecule has 0 unspecified atom stereocenters. The fraction of sp³-hybridized carbons (Fsp3) is 0.412. The van der Waals surface area contributed by atoms with E-state index in [0.29, 0.717) is 56.6 Å². The van der Waals surface area contributed by atoms with Gasteiger partial charge in [0.25, 0.3) is 0 Å². The Morgan fingerprint density at radius 3 is 2.18 bits per heavy atom. The first-order valence-corrected chi connectivity index (χ1v) is 15.7. The normalized spacial score (nSPS) is 14.0. The number of anilines is 2. The third kappa shape index (κ3) is 11.9. The highest BCUT2D eigenvalue weighted by atomic mass is 19.1. The average Bonchev–Trinajstić information content (AvgIpc) is 3.05. The molecule has 45 heavy (non-hydrogen) atoms. The Bertz CT molecular complexity index is 1320. The number of likely N-dealkylation sites (tertiary alicyclic amines) is 1. The molecule has 3 aromatic rings. The van der Waals surface area contributed by atoms with Gasteiger partial charge in [0.15, 0.2) is 0 Å². The number of piperidine rings is 1. The van der Waals surface area contributed by atoms with Crippen LogP contribution in [-0.4, -0.2) is 80.1 Å². The molecular weight excluding hydrogens is 575 g/mol. The van der Waals surface area contributed by atoms with Gasteiger partial charge in [0.2, 0.25) is 0 Å². The molecule has 6 N–H and O–H groups in total. The third-order valence-electron chi connectivity index (χ3n) is 7.57. The Kier molecular flexibility index (Phi) is 13.3. The van der Waals surface area contributed by atoms with Crippen molar-refractivity contribution < 1.29 is 23.8 Å². The van der Waals surface area contributed by atoms with Crippen LogP contribution in [0.4, 0.5) is 25.4 Å². The first-order chi connectivity index (χ1) is 21.9. The van der Waals surface area contributed by atoms with Gasteiger partial charge in [-0.25, -0.2) is 14.0 Å². The van der Waals surface area contributed by atoms with E-state index < -0.39 is 6.10 Å². The van der Waals surface area contributed by atoms with Gasteiger partial charge in [-0.05, 0) is 98.8 Å². The van der Waals surface area contributed by atoms with Crippen molar-refractivity contribution in [2.24, 2.45) is 0 Å². The summed E-state index contributed by atoms with van der Waals surface area (Å²) < 4.78 is 18.7. The van der Waals surface area contributed by atoms with Crippen LogP contribution in [0.5, 0.6) is 5.75 Å². The Morgan fingerprint density at radius 1 is 0.889 bits per heavy atom. The van der Waals surface area contributed by atoms with E-state index in [9.17, 15) is 19.1 Å². The van der Waals surface area contributed by atoms with Crippen LogP contribution in [0.15, 0.2) is 72.8 Å². The first-order valence-electron chi connectivity index (χ1n) is 15.7. The minimum Gasteiger partial charge on any atom is -0.491 e. The van der Waals surface area contributed by atoms with E-state index in [2.05, 4.69) is 50.8 Å². The van der Waals surface area contributed by atoms with E-state index in [4.69, 9.17) is 4.74 Å². The highest BCUT2D eigenvalue weighted by molar-refractivity contribution is 5.89. The van der Waals surface area contributed by atoms with Gasteiger partial charge < -0.3 is 41.3 Å². The molecule has 1 aliphatic rings. The third-order valence-corrected chi connectivity index (χ3v) is 7.57. The number of benzene rings is 3. The Morgan fingerprint density at radius 2 is 1.51 bits per heavy atom. The second-order valence-corrected chi connectivity index (χ2v) is 11.1. The molecule has 1 atom stereocenters. The van der Waals surface area contributed by atoms with E-state index in [1.165, 1.54) is 17.7 Å². The summed E-state index contributed by atoms with van der Waals surface area (Å²) in [5, 5.41) is 25.5. The minimum atomic E-state index is -0.649. The lowest BCUT2D eigenvalue weighted by Crippen LogP contribution is -2.47. The zero-order valence-corrected chi connectivity index (χ0v) is 25.9. The maximum absolute atomic E-state index is 13.0. The van der Waals surface area contributed by atoms with E-state index >= 15 is 0 Å². The van der Waals surface area contributed by atoms with Crippen LogP contribution in [0.25, 0.3) is 0 Å². The highest BCUT2D eigenvalue weighted by Gasteiger charge is 2.22. The molecule has 0 aromatic heterocycles. The summed E-state index contributed by atoms with van der Waals surface area (Å²) >= 11 is 0. The second kappa shape index (κ2) is 17.8. The van der Waals surface area contributed by atoms with E-state index in [1.807, 2.05) is 11.8 Å². The molecule has 1 fully saturated rings. The number of nitrogens with one attached hydrogen (secondary N) is 5. The number of halogens is 1. The molecule has 242 valence electrons. The number of aliphatic hydroxyl groups excluding tert-OH is 1. The summed E-state index contributed by atoms with van der Waals surface area (Å²) in [6, 6.07) is 21.8. The van der Waals surface area contributed by atoms with Gasteiger partial charge in [-0.3, -0.25) is 0 Å². The molecular formula is C34H45FN6O4. The number of carbonyl (C=O) groups is 2. The number of nitrogens with zero attached hydrogens (tertiary/aromatic N) is 1. The zero-order chi connectivity index (χ0) is 31.9. The molecule has 1 aliphatic heterocycles. The van der Waals surface area contributed by atoms with E-state index in [1.54, 1.807) is 36.4 Å². The van der Waals surface area contributed by atoms with E-state index in [-0.39, 0.29) is 24.5 Å². The lowest BCUT2D eigenvalue weighted by molar-refractivity contribution is 0.106. The van der Waals surface area contributed by atoms with Crippen LogP contribution < -0.4 is 31.3 Å². The lowest BCUT2D eigenvalue weighted by Gasteiger charge is -2.33. The van der Waals surface area contributed by atoms with Crippen molar-refractivity contribution in [3.63, 3.8) is 0 Å². The van der Waals surface area contributed by atoms with Crippen LogP contribution in [0, 0.1) is 5.82 Å². The smallest absolute Gasteiger partial charge is 0.319 e. The summed E-state index contributed by atoms with van der Waals surface area (Å²) in [6.45, 7) is 5.64. The van der Waals surface area contributed by atoms with Crippen molar-refractivity contribution in [3.05, 3.63) is 89.7 Å². The van der Waals surface area contributed by atoms with Crippen LogP contribution in [-0.2, 0) is 12.8 Å². The predicted molar refractivity (Wildman–Crippen MR) is 175 cm³/mol. The average molecular weight is 621 g/mol. The lowest BCUT2D eigenvalue weighted by atomic mass is 10.0. The summed E-state index contributed by atoms with van der Waals surface area (Å²) in [6.07, 6.45) is 2.61. The molecule has 1 heterocycles. The Hall–Kier alpha value is -4.35. The summed E-state index contributed by atoms with van der Waals surface area (Å²) in [5.41, 5.74) is 3.93. The molecule has 0 radical (unpaired) electrons. The molecule has 0 saturated carbocycles. The molecule has 3 aromatic carbocycles. The summed E-state index contributed by atoms with van der Waals surface area (Å²) in [7, 11) is 0. The number of hydrogen-bond acceptors (Lipinski definition) is 6. The second-order valence-electron chi connectivity index (χ2n) is 11.1. The number of ether oxygens (including phenoxy) is 1. The van der Waals surface area contributed by atoms with Crippen LogP contribution in [0.3, 0.4) is 0 Å². The van der Waals surface area contributed by atoms with Crippen molar-refractivity contribution in [3.8, 4) is 5.75 Å². The van der Waals surface area contributed by atoms with Crippen molar-refractivity contribution >= 4 is 23.4 Å². The van der Waals surface area contributed by atoms with Gasteiger partial charge in [-0.2, -0.15) is 0 Å². The van der Waals surface area contributed by atoms with Gasteiger partial charge in [0, 0.05) is 50.1 Å². The maximum atomic E-state index is 13.0. The topological polar surface area (TPSA) is 127 Å². The summed E-state index contributed by atoms with van der Waals surface area (Å²) in [5.74, 6) is 0.365. The van der Waals surface area contributed by atoms with Gasteiger partial charge in [-0.1, -0.05) is 24.3 Å². The van der Waals surface area contributed by atoms with Crippen molar-refractivity contribution in [2.45, 2.75) is 44.8 Å². The van der Waals surface area contributed by atoms with Crippen molar-refractivity contribution in [2.75, 3.05) is 56.5 Å². The quantitative estimate of drug-likeness (QED) is 0.140. The molecule has 0 spiro atoms. The molecule has 4 rings (SSSR count). The molecule has 0 bridgehead atoms. The zero-order valence-electron chi connectivity index (χ0n) is 25.9. The molecule has 10 nitrogen and oxygen atoms in total. The fourth-order valence-corrected chi connectivity index (χ4v) is 5.03. The van der Waals surface area contributed by atoms with Crippen molar-refractivity contribution in [1.82, 2.24) is 20.9 Å². The highest BCUT2D eigenvalue weighted by Crippen LogP contribution is 2.18. The Balaban J connectivity index is 1.05. The van der Waals surface area contributed by atoms with Gasteiger partial charge in [0.05, 0.1) is 0 Å². The molecule has 4 amide bonds. The molecule has 1 saturated heterocycles. The number of amides is 4. The largest absolute Gasteiger partial charge is 0.491 e. The number of urea groups is 2. The number of hydrogen-bond donors (Lipinski definition) is 6.